The molecule has 0 spiro atoms. The SMILES string of the molecule is CCCNC(=O)[C@H]1CN(CC(=O)Nc2cccc(OC)c2)c2ccccc2O1. The van der Waals surface area contributed by atoms with Gasteiger partial charge in [-0.15, -0.1) is 0 Å². The number of ether oxygens (including phenoxy) is 2. The molecule has 2 N–H and O–H groups in total. The third-order valence-corrected chi connectivity index (χ3v) is 4.39. The van der Waals surface area contributed by atoms with Gasteiger partial charge in [-0.25, -0.2) is 0 Å². The van der Waals surface area contributed by atoms with Gasteiger partial charge in [0.15, 0.2) is 6.10 Å². The lowest BCUT2D eigenvalue weighted by Gasteiger charge is -2.35. The Bertz CT molecular complexity index is 840. The normalized spacial score (nSPS) is 15.2. The minimum Gasteiger partial charge on any atom is -0.497 e. The van der Waals surface area contributed by atoms with Crippen molar-refractivity contribution in [3.63, 3.8) is 0 Å². The third kappa shape index (κ3) is 4.73. The summed E-state index contributed by atoms with van der Waals surface area (Å²) in [5.41, 5.74) is 1.45. The highest BCUT2D eigenvalue weighted by molar-refractivity contribution is 5.95. The summed E-state index contributed by atoms with van der Waals surface area (Å²) in [5.74, 6) is 0.911. The van der Waals surface area contributed by atoms with E-state index in [1.54, 1.807) is 19.2 Å². The standard InChI is InChI=1S/C21H25N3O4/c1-3-11-22-21(26)19-13-24(17-9-4-5-10-18(17)28-19)14-20(25)23-15-7-6-8-16(12-15)27-2/h4-10,12,19H,3,11,13-14H2,1-2H3,(H,22,26)(H,23,25)/t19-/m1/s1. The number of nitrogens with zero attached hydrogens (tertiary/aromatic N) is 1. The summed E-state index contributed by atoms with van der Waals surface area (Å²) in [7, 11) is 1.58. The third-order valence-electron chi connectivity index (χ3n) is 4.39. The second-order valence-electron chi connectivity index (χ2n) is 6.53. The van der Waals surface area contributed by atoms with Crippen LogP contribution >= 0.6 is 0 Å². The number of carbonyl (C=O) groups excluding carboxylic acids is 2. The lowest BCUT2D eigenvalue weighted by atomic mass is 10.1. The van der Waals surface area contributed by atoms with Crippen molar-refractivity contribution in [2.75, 3.05) is 37.0 Å². The van der Waals surface area contributed by atoms with Gasteiger partial charge >= 0.3 is 0 Å². The molecule has 0 fully saturated rings. The first-order valence-corrected chi connectivity index (χ1v) is 9.33. The van der Waals surface area contributed by atoms with Crippen molar-refractivity contribution in [2.45, 2.75) is 19.4 Å². The van der Waals surface area contributed by atoms with Crippen molar-refractivity contribution in [3.05, 3.63) is 48.5 Å². The summed E-state index contributed by atoms with van der Waals surface area (Å²) in [5, 5.41) is 5.73. The van der Waals surface area contributed by atoms with Crippen LogP contribution in [-0.2, 0) is 9.59 Å². The topological polar surface area (TPSA) is 79.9 Å². The molecule has 0 aliphatic carbocycles. The van der Waals surface area contributed by atoms with E-state index in [0.717, 1.165) is 12.1 Å². The van der Waals surface area contributed by atoms with Crippen LogP contribution in [0.25, 0.3) is 0 Å². The lowest BCUT2D eigenvalue weighted by Crippen LogP contribution is -2.50. The highest BCUT2D eigenvalue weighted by atomic mass is 16.5. The van der Waals surface area contributed by atoms with E-state index in [-0.39, 0.29) is 18.4 Å². The van der Waals surface area contributed by atoms with Gasteiger partial charge in [-0.3, -0.25) is 9.59 Å². The summed E-state index contributed by atoms with van der Waals surface area (Å²) < 4.78 is 11.0. The van der Waals surface area contributed by atoms with E-state index >= 15 is 0 Å². The molecule has 1 aliphatic heterocycles. The smallest absolute Gasteiger partial charge is 0.262 e. The molecule has 2 aromatic carbocycles. The fourth-order valence-corrected chi connectivity index (χ4v) is 3.03. The Labute approximate surface area is 164 Å². The second kappa shape index (κ2) is 9.12. The van der Waals surface area contributed by atoms with Gasteiger partial charge in [0.2, 0.25) is 5.91 Å². The average molecular weight is 383 g/mol. The number of benzene rings is 2. The number of hydrogen-bond donors (Lipinski definition) is 2. The van der Waals surface area contributed by atoms with Crippen molar-refractivity contribution in [1.82, 2.24) is 5.32 Å². The second-order valence-corrected chi connectivity index (χ2v) is 6.53. The largest absolute Gasteiger partial charge is 0.497 e. The summed E-state index contributed by atoms with van der Waals surface area (Å²) in [6.07, 6.45) is 0.188. The highest BCUT2D eigenvalue weighted by Crippen LogP contribution is 2.33. The van der Waals surface area contributed by atoms with Gasteiger partial charge in [-0.2, -0.15) is 0 Å². The first-order valence-electron chi connectivity index (χ1n) is 9.33. The molecule has 0 unspecified atom stereocenters. The molecule has 28 heavy (non-hydrogen) atoms. The molecule has 0 saturated carbocycles. The molecule has 0 radical (unpaired) electrons. The van der Waals surface area contributed by atoms with Gasteiger partial charge in [0.25, 0.3) is 5.91 Å². The zero-order valence-electron chi connectivity index (χ0n) is 16.1. The summed E-state index contributed by atoms with van der Waals surface area (Å²) in [4.78, 5) is 26.9. The average Bonchev–Trinajstić information content (AvgIpc) is 2.71. The van der Waals surface area contributed by atoms with Crippen molar-refractivity contribution in [3.8, 4) is 11.5 Å². The van der Waals surface area contributed by atoms with Crippen LogP contribution in [0.2, 0.25) is 0 Å². The Morgan fingerprint density at radius 3 is 2.82 bits per heavy atom. The number of para-hydroxylation sites is 2. The van der Waals surface area contributed by atoms with Gasteiger partial charge in [-0.05, 0) is 30.7 Å². The van der Waals surface area contributed by atoms with Crippen molar-refractivity contribution < 1.29 is 19.1 Å². The van der Waals surface area contributed by atoms with Crippen LogP contribution in [0.3, 0.4) is 0 Å². The molecule has 0 saturated heterocycles. The van der Waals surface area contributed by atoms with Gasteiger partial charge < -0.3 is 25.0 Å². The molecular weight excluding hydrogens is 358 g/mol. The molecule has 148 valence electrons. The van der Waals surface area contributed by atoms with E-state index in [2.05, 4.69) is 10.6 Å². The zero-order chi connectivity index (χ0) is 19.9. The summed E-state index contributed by atoms with van der Waals surface area (Å²) in [6, 6.07) is 14.6. The van der Waals surface area contributed by atoms with E-state index in [4.69, 9.17) is 9.47 Å². The van der Waals surface area contributed by atoms with Crippen LogP contribution < -0.4 is 25.0 Å². The summed E-state index contributed by atoms with van der Waals surface area (Å²) in [6.45, 7) is 3.00. The van der Waals surface area contributed by atoms with Crippen molar-refractivity contribution >= 4 is 23.2 Å². The van der Waals surface area contributed by atoms with E-state index in [1.165, 1.54) is 0 Å². The fourth-order valence-electron chi connectivity index (χ4n) is 3.03. The number of anilines is 2. The Hall–Kier alpha value is -3.22. The van der Waals surface area contributed by atoms with Gasteiger partial charge in [-0.1, -0.05) is 25.1 Å². The predicted octanol–water partition coefficient (Wildman–Crippen LogP) is 2.43. The number of methoxy groups -OCH3 is 1. The highest BCUT2D eigenvalue weighted by Gasteiger charge is 2.31. The van der Waals surface area contributed by atoms with Crippen molar-refractivity contribution in [1.29, 1.82) is 0 Å². The summed E-state index contributed by atoms with van der Waals surface area (Å²) >= 11 is 0. The Morgan fingerprint density at radius 1 is 1.21 bits per heavy atom. The first-order chi connectivity index (χ1) is 13.6. The van der Waals surface area contributed by atoms with Crippen LogP contribution in [0.5, 0.6) is 11.5 Å². The van der Waals surface area contributed by atoms with Crippen LogP contribution in [-0.4, -0.2) is 44.7 Å². The first kappa shape index (κ1) is 19.5. The predicted molar refractivity (Wildman–Crippen MR) is 108 cm³/mol. The monoisotopic (exact) mass is 383 g/mol. The van der Waals surface area contributed by atoms with E-state index in [0.29, 0.717) is 30.3 Å². The zero-order valence-corrected chi connectivity index (χ0v) is 16.1. The quantitative estimate of drug-likeness (QED) is 0.768. The molecule has 7 nitrogen and oxygen atoms in total. The lowest BCUT2D eigenvalue weighted by molar-refractivity contribution is -0.128. The van der Waals surface area contributed by atoms with Crippen LogP contribution in [0.1, 0.15) is 13.3 Å². The van der Waals surface area contributed by atoms with Gasteiger partial charge in [0, 0.05) is 18.3 Å². The van der Waals surface area contributed by atoms with Crippen LogP contribution in [0, 0.1) is 0 Å². The van der Waals surface area contributed by atoms with Crippen LogP contribution in [0.4, 0.5) is 11.4 Å². The van der Waals surface area contributed by atoms with Gasteiger partial charge in [0.05, 0.1) is 25.9 Å². The molecule has 1 heterocycles. The number of amides is 2. The molecule has 1 atom stereocenters. The fraction of sp³-hybridized carbons (Fsp3) is 0.333. The molecule has 3 rings (SSSR count). The molecule has 0 bridgehead atoms. The van der Waals surface area contributed by atoms with Gasteiger partial charge in [0.1, 0.15) is 11.5 Å². The Balaban J connectivity index is 1.71. The number of rotatable bonds is 7. The molecule has 0 aromatic heterocycles. The number of carbonyl (C=O) groups is 2. The number of nitrogens with one attached hydrogen (secondary N) is 2. The van der Waals surface area contributed by atoms with Crippen LogP contribution in [0.15, 0.2) is 48.5 Å². The minimum absolute atomic E-state index is 0.106. The molecule has 7 heteroatoms. The van der Waals surface area contributed by atoms with E-state index in [1.807, 2.05) is 48.2 Å². The molecule has 2 amide bonds. The van der Waals surface area contributed by atoms with E-state index in [9.17, 15) is 9.59 Å². The Morgan fingerprint density at radius 2 is 2.04 bits per heavy atom. The molecular formula is C21H25N3O4. The molecule has 1 aliphatic rings. The maximum absolute atomic E-state index is 12.6. The maximum atomic E-state index is 12.6. The molecule has 2 aromatic rings. The maximum Gasteiger partial charge on any atom is 0.262 e. The van der Waals surface area contributed by atoms with Crippen molar-refractivity contribution in [2.24, 2.45) is 0 Å². The minimum atomic E-state index is -0.661. The number of hydrogen-bond acceptors (Lipinski definition) is 5. The number of fused-ring (bicyclic) bond motifs is 1. The van der Waals surface area contributed by atoms with E-state index < -0.39 is 6.10 Å². The Kier molecular flexibility index (Phi) is 6.37.